The summed E-state index contributed by atoms with van der Waals surface area (Å²) < 4.78 is 19.1. The van der Waals surface area contributed by atoms with Gasteiger partial charge in [0.2, 0.25) is 0 Å². The van der Waals surface area contributed by atoms with Gasteiger partial charge in [-0.3, -0.25) is 4.98 Å². The molecular weight excluding hydrogens is 269 g/mol. The largest absolute Gasteiger partial charge is 0.488 e. The predicted molar refractivity (Wildman–Crippen MR) is 73.7 cm³/mol. The van der Waals surface area contributed by atoms with Crippen molar-refractivity contribution in [3.05, 3.63) is 47.0 Å². The van der Waals surface area contributed by atoms with Crippen LogP contribution in [0, 0.1) is 5.82 Å². The first kappa shape index (κ1) is 13.4. The van der Waals surface area contributed by atoms with E-state index < -0.39 is 5.82 Å². The first-order valence-electron chi connectivity index (χ1n) is 5.65. The van der Waals surface area contributed by atoms with Crippen molar-refractivity contribution in [2.45, 2.75) is 6.42 Å². The topological polar surface area (TPSA) is 74.2 Å². The van der Waals surface area contributed by atoms with E-state index in [9.17, 15) is 4.39 Å². The van der Waals surface area contributed by atoms with Crippen LogP contribution in [-0.2, 0) is 6.42 Å². The molecule has 0 fully saturated rings. The lowest BCUT2D eigenvalue weighted by molar-refractivity contribution is 0.306. The number of ether oxygens (including phenoxy) is 1. The van der Waals surface area contributed by atoms with E-state index >= 15 is 0 Å². The Bertz CT molecular complexity index is 578. The standard InChI is InChI=1S/C13H13ClFN3O/c14-11-9(16)7-10(17)13(12(11)15)19-6-4-8-3-1-2-5-18-8/h1-3,5,7H,4,6,16-17H2. The second-order valence-electron chi connectivity index (χ2n) is 3.93. The maximum absolute atomic E-state index is 13.8. The van der Waals surface area contributed by atoms with E-state index in [1.54, 1.807) is 6.20 Å². The predicted octanol–water partition coefficient (Wildman–Crippen LogP) is 2.66. The van der Waals surface area contributed by atoms with E-state index in [1.807, 2.05) is 18.2 Å². The second-order valence-corrected chi connectivity index (χ2v) is 4.31. The van der Waals surface area contributed by atoms with Gasteiger partial charge in [-0.15, -0.1) is 0 Å². The Kier molecular flexibility index (Phi) is 4.06. The summed E-state index contributed by atoms with van der Waals surface area (Å²) in [6.07, 6.45) is 2.23. The zero-order valence-electron chi connectivity index (χ0n) is 10.1. The average molecular weight is 282 g/mol. The SMILES string of the molecule is Nc1cc(N)c(OCCc2ccccn2)c(F)c1Cl. The Morgan fingerprint density at radius 3 is 2.74 bits per heavy atom. The summed E-state index contributed by atoms with van der Waals surface area (Å²) in [6.45, 7) is 0.248. The minimum Gasteiger partial charge on any atom is -0.488 e. The van der Waals surface area contributed by atoms with E-state index in [2.05, 4.69) is 4.98 Å². The number of nitrogen functional groups attached to an aromatic ring is 2. The van der Waals surface area contributed by atoms with Crippen LogP contribution in [-0.4, -0.2) is 11.6 Å². The van der Waals surface area contributed by atoms with Gasteiger partial charge >= 0.3 is 0 Å². The summed E-state index contributed by atoms with van der Waals surface area (Å²) in [5.74, 6) is -0.810. The molecule has 1 aromatic carbocycles. The zero-order chi connectivity index (χ0) is 13.8. The molecule has 0 aliphatic carbocycles. The molecule has 0 radical (unpaired) electrons. The van der Waals surface area contributed by atoms with Crippen molar-refractivity contribution >= 4 is 23.0 Å². The van der Waals surface area contributed by atoms with Crippen LogP contribution in [0.1, 0.15) is 5.69 Å². The fourth-order valence-corrected chi connectivity index (χ4v) is 1.74. The number of halogens is 2. The molecule has 0 unspecified atom stereocenters. The Balaban J connectivity index is 2.06. The molecule has 2 aromatic rings. The molecule has 0 aliphatic heterocycles. The van der Waals surface area contributed by atoms with E-state index in [4.69, 9.17) is 27.8 Å². The number of aromatic nitrogens is 1. The van der Waals surface area contributed by atoms with Gasteiger partial charge in [0.15, 0.2) is 11.6 Å². The molecule has 0 amide bonds. The summed E-state index contributed by atoms with van der Waals surface area (Å²) in [5, 5.41) is -0.179. The maximum atomic E-state index is 13.8. The maximum Gasteiger partial charge on any atom is 0.187 e. The fourth-order valence-electron chi connectivity index (χ4n) is 1.60. The Hall–Kier alpha value is -2.01. The summed E-state index contributed by atoms with van der Waals surface area (Å²) in [4.78, 5) is 4.14. The molecule has 2 rings (SSSR count). The molecule has 1 aromatic heterocycles. The highest BCUT2D eigenvalue weighted by atomic mass is 35.5. The smallest absolute Gasteiger partial charge is 0.187 e. The molecule has 0 spiro atoms. The highest BCUT2D eigenvalue weighted by molar-refractivity contribution is 6.33. The molecule has 4 N–H and O–H groups in total. The molecule has 0 aliphatic rings. The summed E-state index contributed by atoms with van der Waals surface area (Å²) in [7, 11) is 0. The van der Waals surface area contributed by atoms with Gasteiger partial charge in [-0.1, -0.05) is 17.7 Å². The highest BCUT2D eigenvalue weighted by Crippen LogP contribution is 2.35. The lowest BCUT2D eigenvalue weighted by Gasteiger charge is -2.12. The van der Waals surface area contributed by atoms with Crippen LogP contribution in [0.2, 0.25) is 5.02 Å². The van der Waals surface area contributed by atoms with Crippen LogP contribution in [0.5, 0.6) is 5.75 Å². The van der Waals surface area contributed by atoms with Gasteiger partial charge in [-0.25, -0.2) is 4.39 Å². The third-order valence-electron chi connectivity index (χ3n) is 2.55. The van der Waals surface area contributed by atoms with E-state index in [0.29, 0.717) is 6.42 Å². The van der Waals surface area contributed by atoms with Gasteiger partial charge in [0.1, 0.15) is 5.02 Å². The first-order chi connectivity index (χ1) is 9.09. The van der Waals surface area contributed by atoms with Crippen LogP contribution in [0.4, 0.5) is 15.8 Å². The minimum absolute atomic E-state index is 0.0740. The quantitative estimate of drug-likeness (QED) is 0.845. The fraction of sp³-hybridized carbons (Fsp3) is 0.154. The third kappa shape index (κ3) is 3.06. The van der Waals surface area contributed by atoms with E-state index in [-0.39, 0.29) is 28.8 Å². The van der Waals surface area contributed by atoms with Crippen molar-refractivity contribution in [3.63, 3.8) is 0 Å². The van der Waals surface area contributed by atoms with Gasteiger partial charge in [0.05, 0.1) is 18.0 Å². The second kappa shape index (κ2) is 5.75. The van der Waals surface area contributed by atoms with Crippen molar-refractivity contribution in [2.75, 3.05) is 18.1 Å². The number of nitrogens with zero attached hydrogens (tertiary/aromatic N) is 1. The number of hydrogen-bond donors (Lipinski definition) is 2. The highest BCUT2D eigenvalue weighted by Gasteiger charge is 2.15. The van der Waals surface area contributed by atoms with Crippen molar-refractivity contribution in [3.8, 4) is 5.75 Å². The molecule has 1 heterocycles. The van der Waals surface area contributed by atoms with E-state index in [1.165, 1.54) is 6.07 Å². The molecule has 100 valence electrons. The molecule has 4 nitrogen and oxygen atoms in total. The minimum atomic E-state index is -0.736. The van der Waals surface area contributed by atoms with Gasteiger partial charge in [-0.2, -0.15) is 0 Å². The number of pyridine rings is 1. The average Bonchev–Trinajstić information content (AvgIpc) is 2.41. The van der Waals surface area contributed by atoms with Crippen molar-refractivity contribution in [1.29, 1.82) is 0 Å². The molecule has 6 heteroatoms. The number of anilines is 2. The van der Waals surface area contributed by atoms with Gasteiger partial charge in [0, 0.05) is 18.3 Å². The van der Waals surface area contributed by atoms with Crippen LogP contribution in [0.15, 0.2) is 30.5 Å². The molecule has 19 heavy (non-hydrogen) atoms. The van der Waals surface area contributed by atoms with Crippen LogP contribution < -0.4 is 16.2 Å². The molecule has 0 atom stereocenters. The summed E-state index contributed by atoms with van der Waals surface area (Å²) in [5.41, 5.74) is 12.2. The van der Waals surface area contributed by atoms with Crippen molar-refractivity contribution < 1.29 is 9.13 Å². The number of hydrogen-bond acceptors (Lipinski definition) is 4. The van der Waals surface area contributed by atoms with Gasteiger partial charge in [-0.05, 0) is 18.2 Å². The number of nitrogens with two attached hydrogens (primary N) is 2. The monoisotopic (exact) mass is 281 g/mol. The summed E-state index contributed by atoms with van der Waals surface area (Å²) >= 11 is 5.70. The normalized spacial score (nSPS) is 10.4. The molecule has 0 saturated carbocycles. The Morgan fingerprint density at radius 1 is 1.26 bits per heavy atom. The van der Waals surface area contributed by atoms with Crippen LogP contribution in [0.3, 0.4) is 0 Å². The Morgan fingerprint density at radius 2 is 2.05 bits per heavy atom. The van der Waals surface area contributed by atoms with Gasteiger partial charge in [0.25, 0.3) is 0 Å². The van der Waals surface area contributed by atoms with Crippen molar-refractivity contribution in [1.82, 2.24) is 4.98 Å². The first-order valence-corrected chi connectivity index (χ1v) is 6.03. The summed E-state index contributed by atoms with van der Waals surface area (Å²) in [6, 6.07) is 6.93. The number of rotatable bonds is 4. The lowest BCUT2D eigenvalue weighted by atomic mass is 10.2. The van der Waals surface area contributed by atoms with Crippen LogP contribution >= 0.6 is 11.6 Å². The van der Waals surface area contributed by atoms with E-state index in [0.717, 1.165) is 5.69 Å². The third-order valence-corrected chi connectivity index (χ3v) is 2.93. The van der Waals surface area contributed by atoms with Crippen molar-refractivity contribution in [2.24, 2.45) is 0 Å². The number of benzene rings is 1. The Labute approximate surface area is 115 Å². The zero-order valence-corrected chi connectivity index (χ0v) is 10.8. The lowest BCUT2D eigenvalue weighted by Crippen LogP contribution is -2.07. The van der Waals surface area contributed by atoms with Gasteiger partial charge < -0.3 is 16.2 Å². The van der Waals surface area contributed by atoms with Crippen LogP contribution in [0.25, 0.3) is 0 Å². The molecule has 0 saturated heterocycles. The molecule has 0 bridgehead atoms. The molecular formula is C13H13ClFN3O.